The highest BCUT2D eigenvalue weighted by atomic mass is 14.9. The van der Waals surface area contributed by atoms with Gasteiger partial charge in [-0.1, -0.05) is 38.0 Å². The zero-order valence-electron chi connectivity index (χ0n) is 11.8. The van der Waals surface area contributed by atoms with Crippen molar-refractivity contribution in [1.82, 2.24) is 10.3 Å². The summed E-state index contributed by atoms with van der Waals surface area (Å²) >= 11 is 0. The summed E-state index contributed by atoms with van der Waals surface area (Å²) in [5.74, 6) is 1.56. The topological polar surface area (TPSA) is 24.9 Å². The second-order valence-corrected chi connectivity index (χ2v) is 5.76. The number of nitrogens with one attached hydrogen (secondary N) is 1. The molecule has 100 valence electrons. The first-order valence-corrected chi connectivity index (χ1v) is 7.32. The van der Waals surface area contributed by atoms with Crippen LogP contribution in [0.4, 0.5) is 0 Å². The van der Waals surface area contributed by atoms with Gasteiger partial charge >= 0.3 is 0 Å². The van der Waals surface area contributed by atoms with Crippen LogP contribution in [0.3, 0.4) is 0 Å². The average Bonchev–Trinajstić information content (AvgIpc) is 2.86. The molecular weight excluding hydrogens is 232 g/mol. The van der Waals surface area contributed by atoms with Gasteiger partial charge in [-0.15, -0.1) is 0 Å². The van der Waals surface area contributed by atoms with Crippen LogP contribution in [-0.4, -0.2) is 12.0 Å². The molecule has 1 N–H and O–H groups in total. The summed E-state index contributed by atoms with van der Waals surface area (Å²) in [4.78, 5) is 4.48. The lowest BCUT2D eigenvalue weighted by molar-refractivity contribution is 0.317. The van der Waals surface area contributed by atoms with E-state index in [2.05, 4.69) is 48.5 Å². The lowest BCUT2D eigenvalue weighted by Gasteiger charge is -2.28. The summed E-state index contributed by atoms with van der Waals surface area (Å²) in [6.07, 6.45) is 5.95. The van der Waals surface area contributed by atoms with Crippen molar-refractivity contribution >= 4 is 10.9 Å². The number of rotatable bonds is 3. The Balaban J connectivity index is 2.06. The standard InChI is InChI=1S/C17H22N2/c1-12-6-3-7-13(12)17(18-2)15-8-4-10-16-14(15)9-5-11-19-16/h4-5,8-13,17-18H,3,6-7H2,1-2H3. The molecule has 1 fully saturated rings. The van der Waals surface area contributed by atoms with Crippen molar-refractivity contribution < 1.29 is 0 Å². The lowest BCUT2D eigenvalue weighted by atomic mass is 9.84. The van der Waals surface area contributed by atoms with Crippen molar-refractivity contribution in [2.45, 2.75) is 32.2 Å². The molecule has 1 aliphatic rings. The molecule has 1 heterocycles. The fourth-order valence-corrected chi connectivity index (χ4v) is 3.67. The molecule has 2 aromatic rings. The number of fused-ring (bicyclic) bond motifs is 1. The van der Waals surface area contributed by atoms with Gasteiger partial charge in [-0.3, -0.25) is 4.98 Å². The molecule has 0 bridgehead atoms. The van der Waals surface area contributed by atoms with Crippen molar-refractivity contribution in [3.63, 3.8) is 0 Å². The normalized spacial score (nSPS) is 24.7. The van der Waals surface area contributed by atoms with Crippen molar-refractivity contribution in [1.29, 1.82) is 0 Å². The number of aromatic nitrogens is 1. The molecule has 1 saturated carbocycles. The SMILES string of the molecule is CNC(c1cccc2ncccc12)C1CCCC1C. The summed E-state index contributed by atoms with van der Waals surface area (Å²) in [6, 6.07) is 11.2. The fourth-order valence-electron chi connectivity index (χ4n) is 3.67. The van der Waals surface area contributed by atoms with E-state index in [1.165, 1.54) is 30.2 Å². The van der Waals surface area contributed by atoms with E-state index >= 15 is 0 Å². The van der Waals surface area contributed by atoms with Gasteiger partial charge < -0.3 is 5.32 Å². The van der Waals surface area contributed by atoms with Crippen molar-refractivity contribution in [3.05, 3.63) is 42.1 Å². The molecule has 0 saturated heterocycles. The van der Waals surface area contributed by atoms with E-state index in [0.717, 1.165) is 17.4 Å². The van der Waals surface area contributed by atoms with Gasteiger partial charge in [0.1, 0.15) is 0 Å². The predicted octanol–water partition coefficient (Wildman–Crippen LogP) is 3.93. The summed E-state index contributed by atoms with van der Waals surface area (Å²) in [5, 5.41) is 4.85. The van der Waals surface area contributed by atoms with Gasteiger partial charge in [-0.05, 0) is 43.0 Å². The third-order valence-corrected chi connectivity index (χ3v) is 4.68. The highest BCUT2D eigenvalue weighted by molar-refractivity contribution is 5.82. The van der Waals surface area contributed by atoms with Gasteiger partial charge in [0.15, 0.2) is 0 Å². The number of benzene rings is 1. The molecule has 1 aliphatic carbocycles. The Morgan fingerprint density at radius 2 is 2.11 bits per heavy atom. The predicted molar refractivity (Wildman–Crippen MR) is 80.0 cm³/mol. The molecule has 2 heteroatoms. The molecule has 0 aliphatic heterocycles. The van der Waals surface area contributed by atoms with E-state index < -0.39 is 0 Å². The van der Waals surface area contributed by atoms with Crippen LogP contribution >= 0.6 is 0 Å². The van der Waals surface area contributed by atoms with E-state index in [0.29, 0.717) is 6.04 Å². The maximum atomic E-state index is 4.48. The third-order valence-electron chi connectivity index (χ3n) is 4.68. The molecule has 0 amide bonds. The minimum atomic E-state index is 0.449. The zero-order valence-corrected chi connectivity index (χ0v) is 11.8. The third kappa shape index (κ3) is 2.25. The Labute approximate surface area is 115 Å². The summed E-state index contributed by atoms with van der Waals surface area (Å²) < 4.78 is 0. The molecule has 1 aromatic carbocycles. The molecule has 0 spiro atoms. The van der Waals surface area contributed by atoms with Gasteiger partial charge in [0.2, 0.25) is 0 Å². The fraction of sp³-hybridized carbons (Fsp3) is 0.471. The van der Waals surface area contributed by atoms with E-state index in [4.69, 9.17) is 0 Å². The number of hydrogen-bond acceptors (Lipinski definition) is 2. The number of pyridine rings is 1. The largest absolute Gasteiger partial charge is 0.313 e. The second kappa shape index (κ2) is 5.30. The first kappa shape index (κ1) is 12.6. The molecule has 3 atom stereocenters. The molecule has 3 rings (SSSR count). The summed E-state index contributed by atoms with van der Waals surface area (Å²) in [5.41, 5.74) is 2.51. The van der Waals surface area contributed by atoms with E-state index in [1.54, 1.807) is 0 Å². The Hall–Kier alpha value is -1.41. The first-order valence-electron chi connectivity index (χ1n) is 7.32. The van der Waals surface area contributed by atoms with Gasteiger partial charge in [0, 0.05) is 17.6 Å². The minimum absolute atomic E-state index is 0.449. The highest BCUT2D eigenvalue weighted by Gasteiger charge is 2.31. The van der Waals surface area contributed by atoms with E-state index in [9.17, 15) is 0 Å². The van der Waals surface area contributed by atoms with Crippen molar-refractivity contribution in [2.75, 3.05) is 7.05 Å². The Morgan fingerprint density at radius 1 is 1.21 bits per heavy atom. The summed E-state index contributed by atoms with van der Waals surface area (Å²) in [7, 11) is 2.09. The maximum Gasteiger partial charge on any atom is 0.0705 e. The van der Waals surface area contributed by atoms with Gasteiger partial charge in [0.25, 0.3) is 0 Å². The minimum Gasteiger partial charge on any atom is -0.313 e. The monoisotopic (exact) mass is 254 g/mol. The van der Waals surface area contributed by atoms with Gasteiger partial charge in [-0.25, -0.2) is 0 Å². The van der Waals surface area contributed by atoms with Crippen LogP contribution in [0.1, 0.15) is 37.8 Å². The molecular formula is C17H22N2. The van der Waals surface area contributed by atoms with Crippen LogP contribution in [-0.2, 0) is 0 Å². The van der Waals surface area contributed by atoms with E-state index in [1.807, 2.05) is 12.3 Å². The quantitative estimate of drug-likeness (QED) is 0.897. The highest BCUT2D eigenvalue weighted by Crippen LogP contribution is 2.41. The Kier molecular flexibility index (Phi) is 3.52. The molecule has 19 heavy (non-hydrogen) atoms. The van der Waals surface area contributed by atoms with E-state index in [-0.39, 0.29) is 0 Å². The second-order valence-electron chi connectivity index (χ2n) is 5.76. The number of hydrogen-bond donors (Lipinski definition) is 1. The van der Waals surface area contributed by atoms with Crippen LogP contribution in [0.15, 0.2) is 36.5 Å². The Bertz CT molecular complexity index is 559. The van der Waals surface area contributed by atoms with Gasteiger partial charge in [-0.2, -0.15) is 0 Å². The van der Waals surface area contributed by atoms with Crippen LogP contribution in [0.25, 0.3) is 10.9 Å². The molecule has 1 aromatic heterocycles. The lowest BCUT2D eigenvalue weighted by Crippen LogP contribution is -2.27. The number of nitrogens with zero attached hydrogens (tertiary/aromatic N) is 1. The average molecular weight is 254 g/mol. The summed E-state index contributed by atoms with van der Waals surface area (Å²) in [6.45, 7) is 2.39. The van der Waals surface area contributed by atoms with Crippen LogP contribution in [0.2, 0.25) is 0 Å². The smallest absolute Gasteiger partial charge is 0.0705 e. The van der Waals surface area contributed by atoms with Crippen LogP contribution in [0, 0.1) is 11.8 Å². The molecule has 0 radical (unpaired) electrons. The molecule has 2 nitrogen and oxygen atoms in total. The van der Waals surface area contributed by atoms with Gasteiger partial charge in [0.05, 0.1) is 5.52 Å². The maximum absolute atomic E-state index is 4.48. The van der Waals surface area contributed by atoms with Crippen molar-refractivity contribution in [3.8, 4) is 0 Å². The van der Waals surface area contributed by atoms with Crippen LogP contribution < -0.4 is 5.32 Å². The zero-order chi connectivity index (χ0) is 13.2. The Morgan fingerprint density at radius 3 is 2.84 bits per heavy atom. The first-order chi connectivity index (χ1) is 9.31. The van der Waals surface area contributed by atoms with Crippen LogP contribution in [0.5, 0.6) is 0 Å². The van der Waals surface area contributed by atoms with Crippen molar-refractivity contribution in [2.24, 2.45) is 11.8 Å². The molecule has 3 unspecified atom stereocenters.